The third-order valence-electron chi connectivity index (χ3n) is 1.81. The van der Waals surface area contributed by atoms with Gasteiger partial charge in [0, 0.05) is 19.4 Å². The van der Waals surface area contributed by atoms with Crippen LogP contribution < -0.4 is 5.32 Å². The zero-order valence-electron chi connectivity index (χ0n) is 11.3. The number of nitrogens with one attached hydrogen (secondary N) is 1. The molecule has 2 aromatic heterocycles. The quantitative estimate of drug-likeness (QED) is 0.866. The van der Waals surface area contributed by atoms with Gasteiger partial charge in [0.25, 0.3) is 0 Å². The van der Waals surface area contributed by atoms with E-state index >= 15 is 0 Å². The Morgan fingerprint density at radius 2 is 1.82 bits per heavy atom. The fourth-order valence-corrected chi connectivity index (χ4v) is 1.10. The van der Waals surface area contributed by atoms with E-state index in [1.165, 1.54) is 0 Å². The molecular formula is C13H22N4. The van der Waals surface area contributed by atoms with Crippen molar-refractivity contribution in [3.05, 3.63) is 37.1 Å². The second-order valence-corrected chi connectivity index (χ2v) is 2.62. The minimum atomic E-state index is 0.865. The molecule has 0 bridgehead atoms. The lowest BCUT2D eigenvalue weighted by atomic mass is 10.4. The van der Waals surface area contributed by atoms with Crippen LogP contribution in [0.25, 0.3) is 5.69 Å². The molecule has 0 unspecified atom stereocenters. The molecule has 94 valence electrons. The second-order valence-electron chi connectivity index (χ2n) is 2.62. The maximum atomic E-state index is 4.19. The van der Waals surface area contributed by atoms with Crippen molar-refractivity contribution < 1.29 is 0 Å². The molecule has 4 nitrogen and oxygen atoms in total. The molecule has 0 aliphatic heterocycles. The zero-order valence-corrected chi connectivity index (χ0v) is 11.3. The third-order valence-corrected chi connectivity index (χ3v) is 1.81. The van der Waals surface area contributed by atoms with Crippen molar-refractivity contribution in [2.75, 3.05) is 12.4 Å². The standard InChI is InChI=1S/C9H10N4.2C2H6/c1-10-9-3-2-8(6-12-9)13-5-4-11-7-13;2*1-2/h2-7H,1H3,(H,10,12);2*1-2H3. The van der Waals surface area contributed by atoms with E-state index in [9.17, 15) is 0 Å². The molecule has 0 saturated heterocycles. The fraction of sp³-hybridized carbons (Fsp3) is 0.385. The van der Waals surface area contributed by atoms with E-state index in [4.69, 9.17) is 0 Å². The minimum Gasteiger partial charge on any atom is -0.373 e. The molecule has 2 rings (SSSR count). The SMILES string of the molecule is CC.CC.CNc1ccc(-n2ccnc2)cn1. The molecule has 2 aromatic rings. The topological polar surface area (TPSA) is 42.7 Å². The van der Waals surface area contributed by atoms with Gasteiger partial charge in [0.2, 0.25) is 0 Å². The maximum absolute atomic E-state index is 4.19. The Hall–Kier alpha value is -1.84. The fourth-order valence-electron chi connectivity index (χ4n) is 1.10. The van der Waals surface area contributed by atoms with Gasteiger partial charge in [0.1, 0.15) is 5.82 Å². The van der Waals surface area contributed by atoms with Gasteiger partial charge in [-0.1, -0.05) is 27.7 Å². The highest BCUT2D eigenvalue weighted by atomic mass is 15.0. The van der Waals surface area contributed by atoms with Crippen molar-refractivity contribution in [2.45, 2.75) is 27.7 Å². The predicted molar refractivity (Wildman–Crippen MR) is 73.6 cm³/mol. The van der Waals surface area contributed by atoms with Crippen molar-refractivity contribution in [3.63, 3.8) is 0 Å². The Morgan fingerprint density at radius 1 is 1.12 bits per heavy atom. The van der Waals surface area contributed by atoms with E-state index in [1.54, 1.807) is 18.7 Å². The van der Waals surface area contributed by atoms with Crippen LogP contribution in [0.2, 0.25) is 0 Å². The number of pyridine rings is 1. The Kier molecular flexibility index (Phi) is 8.37. The first-order chi connectivity index (χ1) is 8.40. The van der Waals surface area contributed by atoms with E-state index < -0.39 is 0 Å². The molecule has 17 heavy (non-hydrogen) atoms. The molecule has 0 aliphatic rings. The largest absolute Gasteiger partial charge is 0.373 e. The van der Waals surface area contributed by atoms with Crippen molar-refractivity contribution in [1.82, 2.24) is 14.5 Å². The summed E-state index contributed by atoms with van der Waals surface area (Å²) in [7, 11) is 1.85. The summed E-state index contributed by atoms with van der Waals surface area (Å²) in [4.78, 5) is 8.15. The number of rotatable bonds is 2. The van der Waals surface area contributed by atoms with Crippen LogP contribution in [-0.4, -0.2) is 21.6 Å². The van der Waals surface area contributed by atoms with E-state index in [-0.39, 0.29) is 0 Å². The van der Waals surface area contributed by atoms with Gasteiger partial charge < -0.3 is 9.88 Å². The highest BCUT2D eigenvalue weighted by molar-refractivity contribution is 5.39. The molecular weight excluding hydrogens is 212 g/mol. The van der Waals surface area contributed by atoms with Gasteiger partial charge >= 0.3 is 0 Å². The number of nitrogens with zero attached hydrogens (tertiary/aromatic N) is 3. The van der Waals surface area contributed by atoms with Crippen LogP contribution in [0.4, 0.5) is 5.82 Å². The Morgan fingerprint density at radius 3 is 2.24 bits per heavy atom. The maximum Gasteiger partial charge on any atom is 0.125 e. The van der Waals surface area contributed by atoms with Gasteiger partial charge in [-0.3, -0.25) is 0 Å². The smallest absolute Gasteiger partial charge is 0.125 e. The second kappa shape index (κ2) is 9.39. The molecule has 4 heteroatoms. The summed E-state index contributed by atoms with van der Waals surface area (Å²) in [5, 5.41) is 2.96. The minimum absolute atomic E-state index is 0.865. The summed E-state index contributed by atoms with van der Waals surface area (Å²) in [6, 6.07) is 3.91. The van der Waals surface area contributed by atoms with Crippen LogP contribution in [0.3, 0.4) is 0 Å². The van der Waals surface area contributed by atoms with Crippen LogP contribution in [-0.2, 0) is 0 Å². The number of aromatic nitrogens is 3. The normalized spacial score (nSPS) is 8.29. The number of anilines is 1. The van der Waals surface area contributed by atoms with Crippen LogP contribution >= 0.6 is 0 Å². The summed E-state index contributed by atoms with van der Waals surface area (Å²) in [5.41, 5.74) is 1.01. The molecule has 1 N–H and O–H groups in total. The molecule has 0 saturated carbocycles. The average Bonchev–Trinajstić information content (AvgIpc) is 2.97. The summed E-state index contributed by atoms with van der Waals surface area (Å²) < 4.78 is 1.91. The van der Waals surface area contributed by atoms with Crippen molar-refractivity contribution in [2.24, 2.45) is 0 Å². The molecule has 2 heterocycles. The van der Waals surface area contributed by atoms with E-state index in [1.807, 2.05) is 57.6 Å². The Bertz CT molecular complexity index is 365. The Labute approximate surface area is 104 Å². The predicted octanol–water partition coefficient (Wildman–Crippen LogP) is 3.36. The highest BCUT2D eigenvalue weighted by Gasteiger charge is 1.94. The molecule has 0 fully saturated rings. The lowest BCUT2D eigenvalue weighted by Gasteiger charge is -2.02. The molecule has 0 aliphatic carbocycles. The molecule has 0 atom stereocenters. The summed E-state index contributed by atoms with van der Waals surface area (Å²) in [5.74, 6) is 0.865. The lowest BCUT2D eigenvalue weighted by Crippen LogP contribution is -1.94. The van der Waals surface area contributed by atoms with Crippen molar-refractivity contribution >= 4 is 5.82 Å². The number of imidazole rings is 1. The molecule has 0 amide bonds. The van der Waals surface area contributed by atoms with E-state index in [0.717, 1.165) is 11.5 Å². The van der Waals surface area contributed by atoms with Crippen LogP contribution in [0.5, 0.6) is 0 Å². The van der Waals surface area contributed by atoms with Gasteiger partial charge in [-0.25, -0.2) is 9.97 Å². The van der Waals surface area contributed by atoms with Crippen LogP contribution in [0, 0.1) is 0 Å². The lowest BCUT2D eigenvalue weighted by molar-refractivity contribution is 1.04. The highest BCUT2D eigenvalue weighted by Crippen LogP contribution is 2.08. The summed E-state index contributed by atoms with van der Waals surface area (Å²) in [6.45, 7) is 8.00. The van der Waals surface area contributed by atoms with Gasteiger partial charge in [0.05, 0.1) is 18.2 Å². The monoisotopic (exact) mass is 234 g/mol. The summed E-state index contributed by atoms with van der Waals surface area (Å²) >= 11 is 0. The third kappa shape index (κ3) is 4.68. The van der Waals surface area contributed by atoms with Crippen LogP contribution in [0.1, 0.15) is 27.7 Å². The first-order valence-corrected chi connectivity index (χ1v) is 6.02. The number of hydrogen-bond acceptors (Lipinski definition) is 3. The van der Waals surface area contributed by atoms with E-state index in [2.05, 4.69) is 15.3 Å². The average molecular weight is 234 g/mol. The summed E-state index contributed by atoms with van der Waals surface area (Å²) in [6.07, 6.45) is 7.17. The van der Waals surface area contributed by atoms with E-state index in [0.29, 0.717) is 0 Å². The van der Waals surface area contributed by atoms with Gasteiger partial charge in [0.15, 0.2) is 0 Å². The van der Waals surface area contributed by atoms with Crippen molar-refractivity contribution in [1.29, 1.82) is 0 Å². The Balaban J connectivity index is 0.000000581. The van der Waals surface area contributed by atoms with Gasteiger partial charge in [-0.05, 0) is 12.1 Å². The first-order valence-electron chi connectivity index (χ1n) is 6.02. The number of hydrogen-bond donors (Lipinski definition) is 1. The zero-order chi connectivity index (χ0) is 13.1. The van der Waals surface area contributed by atoms with Crippen molar-refractivity contribution in [3.8, 4) is 5.69 Å². The molecule has 0 aromatic carbocycles. The first kappa shape index (κ1) is 15.2. The van der Waals surface area contributed by atoms with Gasteiger partial charge in [-0.2, -0.15) is 0 Å². The molecule has 0 radical (unpaired) electrons. The van der Waals surface area contributed by atoms with Crippen LogP contribution in [0.15, 0.2) is 37.1 Å². The molecule has 0 spiro atoms. The van der Waals surface area contributed by atoms with Gasteiger partial charge in [-0.15, -0.1) is 0 Å².